The summed E-state index contributed by atoms with van der Waals surface area (Å²) in [7, 11) is 3.00. The van der Waals surface area contributed by atoms with Gasteiger partial charge in [-0.05, 0) is 60.9 Å². The average molecular weight is 459 g/mol. The third-order valence-corrected chi connectivity index (χ3v) is 5.86. The summed E-state index contributed by atoms with van der Waals surface area (Å²) >= 11 is 0. The molecule has 0 spiro atoms. The standard InChI is InChI=1S/C27H25NO6/c1-15-12-16(2)26(34-4)21(13-15)24(30)22-23(17-8-10-19(29)11-9-17)28(27(32)25(22)31)18-6-5-7-20(14-18)33-3/h5-14,23,29-30H,1-4H3/b24-22+. The predicted octanol–water partition coefficient (Wildman–Crippen LogP) is 4.65. The maximum absolute atomic E-state index is 13.3. The molecule has 1 aliphatic rings. The molecule has 7 nitrogen and oxygen atoms in total. The van der Waals surface area contributed by atoms with E-state index in [1.54, 1.807) is 42.5 Å². The summed E-state index contributed by atoms with van der Waals surface area (Å²) in [6, 6.07) is 15.7. The highest BCUT2D eigenvalue weighted by atomic mass is 16.5. The van der Waals surface area contributed by atoms with E-state index in [2.05, 4.69) is 0 Å². The zero-order valence-corrected chi connectivity index (χ0v) is 19.3. The molecule has 174 valence electrons. The molecule has 0 radical (unpaired) electrons. The van der Waals surface area contributed by atoms with E-state index in [-0.39, 0.29) is 17.1 Å². The predicted molar refractivity (Wildman–Crippen MR) is 128 cm³/mol. The van der Waals surface area contributed by atoms with E-state index in [4.69, 9.17) is 9.47 Å². The average Bonchev–Trinajstić information content (AvgIpc) is 3.09. The number of carbonyl (C=O) groups is 2. The molecule has 1 atom stereocenters. The third-order valence-electron chi connectivity index (χ3n) is 5.86. The first-order valence-electron chi connectivity index (χ1n) is 10.7. The first-order chi connectivity index (χ1) is 16.3. The van der Waals surface area contributed by atoms with E-state index < -0.39 is 17.7 Å². The van der Waals surface area contributed by atoms with Crippen LogP contribution in [-0.2, 0) is 9.59 Å². The fourth-order valence-electron chi connectivity index (χ4n) is 4.38. The fraction of sp³-hybridized carbons (Fsp3) is 0.185. The van der Waals surface area contributed by atoms with Gasteiger partial charge in [-0.1, -0.05) is 24.3 Å². The third kappa shape index (κ3) is 3.85. The van der Waals surface area contributed by atoms with Crippen LogP contribution in [0.25, 0.3) is 5.76 Å². The second-order valence-electron chi connectivity index (χ2n) is 8.12. The van der Waals surface area contributed by atoms with E-state index in [1.807, 2.05) is 19.9 Å². The lowest BCUT2D eigenvalue weighted by molar-refractivity contribution is -0.132. The van der Waals surface area contributed by atoms with Crippen LogP contribution in [0, 0.1) is 13.8 Å². The number of phenols is 1. The quantitative estimate of drug-likeness (QED) is 0.328. The van der Waals surface area contributed by atoms with Gasteiger partial charge in [-0.2, -0.15) is 0 Å². The van der Waals surface area contributed by atoms with E-state index in [0.717, 1.165) is 11.1 Å². The Morgan fingerprint density at radius 1 is 0.941 bits per heavy atom. The van der Waals surface area contributed by atoms with E-state index >= 15 is 0 Å². The molecular formula is C27H25NO6. The van der Waals surface area contributed by atoms with Gasteiger partial charge >= 0.3 is 0 Å². The largest absolute Gasteiger partial charge is 0.508 e. The van der Waals surface area contributed by atoms with Crippen molar-refractivity contribution < 1.29 is 29.3 Å². The van der Waals surface area contributed by atoms with Crippen molar-refractivity contribution in [3.8, 4) is 17.2 Å². The molecule has 0 aliphatic carbocycles. The number of nitrogens with zero attached hydrogens (tertiary/aromatic N) is 1. The van der Waals surface area contributed by atoms with Crippen LogP contribution in [0.4, 0.5) is 5.69 Å². The molecule has 1 unspecified atom stereocenters. The summed E-state index contributed by atoms with van der Waals surface area (Å²) < 4.78 is 10.8. The number of aryl methyl sites for hydroxylation is 2. The Morgan fingerprint density at radius 2 is 1.65 bits per heavy atom. The van der Waals surface area contributed by atoms with Crippen molar-refractivity contribution in [2.45, 2.75) is 19.9 Å². The normalized spacial score (nSPS) is 17.2. The van der Waals surface area contributed by atoms with Crippen LogP contribution >= 0.6 is 0 Å². The molecule has 3 aromatic rings. The van der Waals surface area contributed by atoms with E-state index in [1.165, 1.54) is 31.3 Å². The minimum absolute atomic E-state index is 0.0399. The zero-order chi connectivity index (χ0) is 24.6. The zero-order valence-electron chi connectivity index (χ0n) is 19.3. The SMILES string of the molecule is COc1cccc(N2C(=O)C(=O)/C(=C(/O)c3cc(C)cc(C)c3OC)C2c2ccc(O)cc2)c1. The van der Waals surface area contributed by atoms with Gasteiger partial charge in [0.1, 0.15) is 23.0 Å². The Balaban J connectivity index is 2.00. The van der Waals surface area contributed by atoms with Crippen molar-refractivity contribution in [1.29, 1.82) is 0 Å². The summed E-state index contributed by atoms with van der Waals surface area (Å²) in [5.74, 6) is -0.959. The number of phenolic OH excluding ortho intramolecular Hbond substituents is 1. The number of anilines is 1. The maximum Gasteiger partial charge on any atom is 0.300 e. The lowest BCUT2D eigenvalue weighted by Gasteiger charge is -2.26. The summed E-state index contributed by atoms with van der Waals surface area (Å²) in [5, 5.41) is 21.2. The lowest BCUT2D eigenvalue weighted by atomic mass is 9.93. The monoisotopic (exact) mass is 459 g/mol. The maximum atomic E-state index is 13.3. The highest BCUT2D eigenvalue weighted by Gasteiger charge is 2.47. The molecule has 1 aliphatic heterocycles. The number of Topliss-reactive ketones (excluding diaryl/α,β-unsaturated/α-hetero) is 1. The molecule has 1 heterocycles. The number of ether oxygens (including phenoxy) is 2. The van der Waals surface area contributed by atoms with Crippen LogP contribution in [0.5, 0.6) is 17.2 Å². The Hall–Kier alpha value is -4.26. The summed E-state index contributed by atoms with van der Waals surface area (Å²) in [6.07, 6.45) is 0. The molecule has 1 saturated heterocycles. The Bertz CT molecular complexity index is 1310. The Labute approximate surface area is 197 Å². The van der Waals surface area contributed by atoms with Crippen molar-refractivity contribution in [3.05, 3.63) is 88.5 Å². The Morgan fingerprint density at radius 3 is 2.29 bits per heavy atom. The Kier molecular flexibility index (Phi) is 6.03. The number of aliphatic hydroxyl groups excluding tert-OH is 1. The van der Waals surface area contributed by atoms with E-state index in [9.17, 15) is 19.8 Å². The molecule has 1 amide bonds. The summed E-state index contributed by atoms with van der Waals surface area (Å²) in [6.45, 7) is 3.71. The van der Waals surface area contributed by atoms with Crippen LogP contribution in [0.1, 0.15) is 28.3 Å². The molecule has 34 heavy (non-hydrogen) atoms. The van der Waals surface area contributed by atoms with Gasteiger partial charge in [-0.3, -0.25) is 14.5 Å². The van der Waals surface area contributed by atoms with Gasteiger partial charge < -0.3 is 19.7 Å². The van der Waals surface area contributed by atoms with E-state index in [0.29, 0.717) is 28.3 Å². The lowest BCUT2D eigenvalue weighted by Crippen LogP contribution is -2.29. The number of benzene rings is 3. The van der Waals surface area contributed by atoms with Crippen LogP contribution in [-0.4, -0.2) is 36.1 Å². The number of carbonyl (C=O) groups excluding carboxylic acids is 2. The van der Waals surface area contributed by atoms with Gasteiger partial charge in [0.2, 0.25) is 0 Å². The number of aliphatic hydroxyl groups is 1. The topological polar surface area (TPSA) is 96.3 Å². The number of amides is 1. The molecule has 0 saturated carbocycles. The molecular weight excluding hydrogens is 434 g/mol. The van der Waals surface area contributed by atoms with Crippen molar-refractivity contribution in [2.75, 3.05) is 19.1 Å². The minimum Gasteiger partial charge on any atom is -0.508 e. The van der Waals surface area contributed by atoms with Crippen molar-refractivity contribution in [2.24, 2.45) is 0 Å². The van der Waals surface area contributed by atoms with Gasteiger partial charge in [0.05, 0.1) is 31.4 Å². The number of methoxy groups -OCH3 is 2. The van der Waals surface area contributed by atoms with Gasteiger partial charge in [-0.25, -0.2) is 0 Å². The molecule has 7 heteroatoms. The molecule has 3 aromatic carbocycles. The minimum atomic E-state index is -0.932. The number of hydrogen-bond acceptors (Lipinski definition) is 6. The smallest absolute Gasteiger partial charge is 0.300 e. The van der Waals surface area contributed by atoms with Gasteiger partial charge in [0, 0.05) is 11.8 Å². The molecule has 0 aromatic heterocycles. The van der Waals surface area contributed by atoms with Crippen LogP contribution in [0.3, 0.4) is 0 Å². The van der Waals surface area contributed by atoms with Crippen molar-refractivity contribution in [1.82, 2.24) is 0 Å². The van der Waals surface area contributed by atoms with Gasteiger partial charge in [0.25, 0.3) is 11.7 Å². The number of ketones is 1. The first kappa shape index (κ1) is 22.9. The van der Waals surface area contributed by atoms with Crippen molar-refractivity contribution >= 4 is 23.1 Å². The molecule has 0 bridgehead atoms. The second kappa shape index (κ2) is 8.94. The van der Waals surface area contributed by atoms with Crippen LogP contribution < -0.4 is 14.4 Å². The fourth-order valence-corrected chi connectivity index (χ4v) is 4.38. The van der Waals surface area contributed by atoms with Gasteiger partial charge in [0.15, 0.2) is 0 Å². The molecule has 2 N–H and O–H groups in total. The number of rotatable bonds is 5. The van der Waals surface area contributed by atoms with Crippen molar-refractivity contribution in [3.63, 3.8) is 0 Å². The highest BCUT2D eigenvalue weighted by Crippen LogP contribution is 2.44. The molecule has 1 fully saturated rings. The summed E-state index contributed by atoms with van der Waals surface area (Å²) in [5.41, 5.74) is 2.89. The number of aromatic hydroxyl groups is 1. The van der Waals surface area contributed by atoms with Gasteiger partial charge in [-0.15, -0.1) is 0 Å². The second-order valence-corrected chi connectivity index (χ2v) is 8.12. The number of hydrogen-bond donors (Lipinski definition) is 2. The first-order valence-corrected chi connectivity index (χ1v) is 10.7. The summed E-state index contributed by atoms with van der Waals surface area (Å²) in [4.78, 5) is 28.0. The van der Waals surface area contributed by atoms with Crippen LogP contribution in [0.15, 0.2) is 66.2 Å². The van der Waals surface area contributed by atoms with Crippen LogP contribution in [0.2, 0.25) is 0 Å². The molecule has 4 rings (SSSR count). The highest BCUT2D eigenvalue weighted by molar-refractivity contribution is 6.51.